The van der Waals surface area contributed by atoms with Gasteiger partial charge in [-0.25, -0.2) is 9.89 Å². The number of H-pyrrole nitrogens is 1. The van der Waals surface area contributed by atoms with Crippen LogP contribution in [0.4, 0.5) is 0 Å². The molecule has 1 aromatic heterocycles. The van der Waals surface area contributed by atoms with E-state index in [4.69, 9.17) is 8.84 Å². The average molecular weight is 354 g/mol. The summed E-state index contributed by atoms with van der Waals surface area (Å²) in [7, 11) is -2.64. The number of nitrogens with one attached hydrogen (secondary N) is 1. The maximum absolute atomic E-state index is 11.2. The Morgan fingerprint density at radius 1 is 1.00 bits per heavy atom. The zero-order valence-corrected chi connectivity index (χ0v) is 15.7. The van der Waals surface area contributed by atoms with Gasteiger partial charge >= 0.3 is 5.76 Å². The fraction of sp³-hybridized carbons (Fsp3) is 0.263. The van der Waals surface area contributed by atoms with Gasteiger partial charge in [0.2, 0.25) is 5.89 Å². The SMILES string of the molecule is CC(C)(C)[Si](OCc1n[nH]c(=O)o1)(c1ccccc1)c1ccccc1. The van der Waals surface area contributed by atoms with E-state index in [9.17, 15) is 4.79 Å². The maximum atomic E-state index is 11.2. The van der Waals surface area contributed by atoms with Crippen LogP contribution in [-0.4, -0.2) is 18.5 Å². The van der Waals surface area contributed by atoms with E-state index in [-0.39, 0.29) is 17.5 Å². The van der Waals surface area contributed by atoms with Gasteiger partial charge in [-0.2, -0.15) is 0 Å². The van der Waals surface area contributed by atoms with Crippen LogP contribution in [0.5, 0.6) is 0 Å². The number of hydrogen-bond donors (Lipinski definition) is 1. The van der Waals surface area contributed by atoms with Gasteiger partial charge in [-0.05, 0) is 15.4 Å². The van der Waals surface area contributed by atoms with E-state index in [0.717, 1.165) is 0 Å². The molecule has 1 N–H and O–H groups in total. The van der Waals surface area contributed by atoms with Gasteiger partial charge in [-0.1, -0.05) is 81.4 Å². The molecule has 0 aliphatic carbocycles. The molecule has 1 heterocycles. The molecule has 0 unspecified atom stereocenters. The van der Waals surface area contributed by atoms with Crippen molar-refractivity contribution < 1.29 is 8.84 Å². The van der Waals surface area contributed by atoms with E-state index in [2.05, 4.69) is 55.2 Å². The van der Waals surface area contributed by atoms with Crippen molar-refractivity contribution in [1.82, 2.24) is 10.2 Å². The van der Waals surface area contributed by atoms with Crippen molar-refractivity contribution in [2.45, 2.75) is 32.4 Å². The molecule has 5 nitrogen and oxygen atoms in total. The molecule has 0 radical (unpaired) electrons. The monoisotopic (exact) mass is 354 g/mol. The summed E-state index contributed by atoms with van der Waals surface area (Å²) in [5.74, 6) is -0.306. The molecule has 0 bridgehead atoms. The average Bonchev–Trinajstić information content (AvgIpc) is 3.02. The molecule has 25 heavy (non-hydrogen) atoms. The van der Waals surface area contributed by atoms with Crippen molar-refractivity contribution in [2.75, 3.05) is 0 Å². The molecule has 130 valence electrons. The van der Waals surface area contributed by atoms with Crippen LogP contribution in [0.25, 0.3) is 0 Å². The second-order valence-electron chi connectivity index (χ2n) is 6.96. The molecule has 0 saturated heterocycles. The first-order valence-electron chi connectivity index (χ1n) is 8.23. The summed E-state index contributed by atoms with van der Waals surface area (Å²) in [5.41, 5.74) is 0. The first-order chi connectivity index (χ1) is 11.9. The van der Waals surface area contributed by atoms with Crippen LogP contribution in [0.15, 0.2) is 69.9 Å². The second kappa shape index (κ2) is 6.82. The maximum Gasteiger partial charge on any atom is 0.434 e. The van der Waals surface area contributed by atoms with Crippen LogP contribution in [0, 0.1) is 0 Å². The van der Waals surface area contributed by atoms with Crippen LogP contribution in [-0.2, 0) is 11.0 Å². The third-order valence-electron chi connectivity index (χ3n) is 4.31. The van der Waals surface area contributed by atoms with Crippen molar-refractivity contribution in [3.63, 3.8) is 0 Å². The lowest BCUT2D eigenvalue weighted by atomic mass is 10.2. The highest BCUT2D eigenvalue weighted by Gasteiger charge is 2.50. The standard InChI is InChI=1S/C19H22N2O3Si/c1-19(2,3)25(15-10-6-4-7-11-15,16-12-8-5-9-13-16)23-14-17-20-21-18(22)24-17/h4-13H,14H2,1-3H3,(H,21,22). The van der Waals surface area contributed by atoms with E-state index in [0.29, 0.717) is 0 Å². The van der Waals surface area contributed by atoms with Crippen LogP contribution >= 0.6 is 0 Å². The summed E-state index contributed by atoms with van der Waals surface area (Å²) < 4.78 is 11.6. The molecule has 0 aliphatic rings. The quantitative estimate of drug-likeness (QED) is 0.715. The number of aromatic amines is 1. The molecule has 6 heteroatoms. The Kier molecular flexibility index (Phi) is 4.74. The minimum Gasteiger partial charge on any atom is -0.398 e. The first-order valence-corrected chi connectivity index (χ1v) is 10.1. The number of nitrogens with zero attached hydrogens (tertiary/aromatic N) is 1. The van der Waals surface area contributed by atoms with Gasteiger partial charge in [0.25, 0.3) is 8.32 Å². The van der Waals surface area contributed by atoms with Crippen LogP contribution in [0.1, 0.15) is 26.7 Å². The van der Waals surface area contributed by atoms with Crippen LogP contribution in [0.2, 0.25) is 5.04 Å². The Labute approximate surface area is 147 Å². The molecule has 0 amide bonds. The largest absolute Gasteiger partial charge is 0.434 e. The minimum atomic E-state index is -2.64. The lowest BCUT2D eigenvalue weighted by Crippen LogP contribution is -2.66. The summed E-state index contributed by atoms with van der Waals surface area (Å²) in [6, 6.07) is 20.6. The normalized spacial score (nSPS) is 12.3. The second-order valence-corrected chi connectivity index (χ2v) is 11.3. The van der Waals surface area contributed by atoms with Gasteiger partial charge in [0.15, 0.2) is 0 Å². The summed E-state index contributed by atoms with van der Waals surface area (Å²) in [4.78, 5) is 11.2. The van der Waals surface area contributed by atoms with Crippen molar-refractivity contribution in [2.24, 2.45) is 0 Å². The Morgan fingerprint density at radius 2 is 1.52 bits per heavy atom. The molecule has 0 saturated carbocycles. The van der Waals surface area contributed by atoms with Crippen LogP contribution < -0.4 is 16.1 Å². The number of rotatable bonds is 5. The van der Waals surface area contributed by atoms with E-state index < -0.39 is 14.1 Å². The van der Waals surface area contributed by atoms with E-state index in [1.165, 1.54) is 10.4 Å². The van der Waals surface area contributed by atoms with Crippen molar-refractivity contribution >= 4 is 18.7 Å². The van der Waals surface area contributed by atoms with Crippen molar-refractivity contribution in [3.05, 3.63) is 77.1 Å². The number of aromatic nitrogens is 2. The van der Waals surface area contributed by atoms with Crippen LogP contribution in [0.3, 0.4) is 0 Å². The summed E-state index contributed by atoms with van der Waals surface area (Å²) >= 11 is 0. The van der Waals surface area contributed by atoms with E-state index in [1.54, 1.807) is 0 Å². The molecule has 2 aromatic carbocycles. The molecule has 3 rings (SSSR count). The van der Waals surface area contributed by atoms with Gasteiger partial charge in [0, 0.05) is 0 Å². The summed E-state index contributed by atoms with van der Waals surface area (Å²) in [5, 5.41) is 8.38. The van der Waals surface area contributed by atoms with Gasteiger partial charge in [0.1, 0.15) is 6.61 Å². The van der Waals surface area contributed by atoms with E-state index in [1.807, 2.05) is 36.4 Å². The molecule has 0 atom stereocenters. The molecule has 0 aliphatic heterocycles. The van der Waals surface area contributed by atoms with Gasteiger partial charge in [-0.15, -0.1) is 5.10 Å². The Morgan fingerprint density at radius 3 is 1.92 bits per heavy atom. The zero-order chi connectivity index (χ0) is 17.9. The molecule has 0 fully saturated rings. The lowest BCUT2D eigenvalue weighted by molar-refractivity contribution is 0.244. The van der Waals surface area contributed by atoms with E-state index >= 15 is 0 Å². The van der Waals surface area contributed by atoms with Crippen molar-refractivity contribution in [1.29, 1.82) is 0 Å². The number of benzene rings is 2. The van der Waals surface area contributed by atoms with Gasteiger partial charge in [-0.3, -0.25) is 0 Å². The highest BCUT2D eigenvalue weighted by Crippen LogP contribution is 2.37. The Balaban J connectivity index is 2.13. The Hall–Kier alpha value is -2.44. The molecule has 0 spiro atoms. The predicted molar refractivity (Wildman–Crippen MR) is 99.5 cm³/mol. The molecular weight excluding hydrogens is 332 g/mol. The van der Waals surface area contributed by atoms with Gasteiger partial charge in [0.05, 0.1) is 0 Å². The molecular formula is C19H22N2O3Si. The third-order valence-corrected chi connectivity index (χ3v) is 9.29. The van der Waals surface area contributed by atoms with Gasteiger partial charge < -0.3 is 8.84 Å². The highest BCUT2D eigenvalue weighted by atomic mass is 28.4. The zero-order valence-electron chi connectivity index (χ0n) is 14.7. The fourth-order valence-corrected chi connectivity index (χ4v) is 7.75. The van der Waals surface area contributed by atoms with Crippen molar-refractivity contribution in [3.8, 4) is 0 Å². The molecule has 3 aromatic rings. The highest BCUT2D eigenvalue weighted by molar-refractivity contribution is 6.99. The third kappa shape index (κ3) is 3.36. The summed E-state index contributed by atoms with van der Waals surface area (Å²) in [6.45, 7) is 6.73. The first kappa shape index (κ1) is 17.4. The summed E-state index contributed by atoms with van der Waals surface area (Å²) in [6.07, 6.45) is 0. The minimum absolute atomic E-state index is 0.133. The number of hydrogen-bond acceptors (Lipinski definition) is 4. The fourth-order valence-electron chi connectivity index (χ4n) is 3.25. The topological polar surface area (TPSA) is 68.1 Å². The lowest BCUT2D eigenvalue weighted by Gasteiger charge is -2.42. The Bertz CT molecular complexity index is 827. The smallest absolute Gasteiger partial charge is 0.398 e. The predicted octanol–water partition coefficient (Wildman–Crippen LogP) is 2.44.